The number of hydrogen-bond acceptors (Lipinski definition) is 6. The van der Waals surface area contributed by atoms with Crippen LogP contribution in [-0.2, 0) is 10.2 Å². The first-order chi connectivity index (χ1) is 10.3. The zero-order chi connectivity index (χ0) is 16.3. The average Bonchev–Trinajstić information content (AvgIpc) is 2.87. The van der Waals surface area contributed by atoms with Crippen LogP contribution in [0.1, 0.15) is 45.5 Å². The molecule has 0 aliphatic carbocycles. The van der Waals surface area contributed by atoms with Crippen LogP contribution in [0.15, 0.2) is 0 Å². The zero-order valence-electron chi connectivity index (χ0n) is 13.8. The number of amides is 1. The molecule has 1 amide bonds. The van der Waals surface area contributed by atoms with Gasteiger partial charge in [-0.05, 0) is 32.2 Å². The Morgan fingerprint density at radius 3 is 2.82 bits per heavy atom. The predicted molar refractivity (Wildman–Crippen MR) is 88.1 cm³/mol. The van der Waals surface area contributed by atoms with E-state index in [4.69, 9.17) is 0 Å². The van der Waals surface area contributed by atoms with Crippen LogP contribution in [0.5, 0.6) is 0 Å². The Labute approximate surface area is 135 Å². The van der Waals surface area contributed by atoms with Gasteiger partial charge in [0.1, 0.15) is 5.01 Å². The minimum Gasteiger partial charge on any atom is -0.393 e. The molecule has 1 aromatic rings. The SMILES string of the molecule is CC(O)C1CCCN(CC(=O)Nc2nnc(C(C)(C)C)s2)C1. The third kappa shape index (κ3) is 4.72. The maximum Gasteiger partial charge on any atom is 0.240 e. The summed E-state index contributed by atoms with van der Waals surface area (Å²) in [5, 5.41) is 22.2. The molecule has 2 N–H and O–H groups in total. The number of hydrogen-bond donors (Lipinski definition) is 2. The van der Waals surface area contributed by atoms with Crippen molar-refractivity contribution >= 4 is 22.4 Å². The van der Waals surface area contributed by atoms with E-state index in [1.54, 1.807) is 0 Å². The molecule has 22 heavy (non-hydrogen) atoms. The molecule has 1 aliphatic heterocycles. The number of aliphatic hydroxyl groups is 1. The Bertz CT molecular complexity index is 510. The van der Waals surface area contributed by atoms with Crippen LogP contribution in [-0.4, -0.2) is 51.8 Å². The Hall–Kier alpha value is -1.05. The molecule has 124 valence electrons. The monoisotopic (exact) mass is 326 g/mol. The van der Waals surface area contributed by atoms with Gasteiger partial charge in [0.25, 0.3) is 0 Å². The average molecular weight is 326 g/mol. The fraction of sp³-hybridized carbons (Fsp3) is 0.800. The number of nitrogens with zero attached hydrogens (tertiary/aromatic N) is 3. The fourth-order valence-electron chi connectivity index (χ4n) is 2.57. The van der Waals surface area contributed by atoms with E-state index >= 15 is 0 Å². The molecule has 1 aromatic heterocycles. The first-order valence-corrected chi connectivity index (χ1v) is 8.61. The third-order valence-electron chi connectivity index (χ3n) is 3.90. The molecule has 1 fully saturated rings. The van der Waals surface area contributed by atoms with Gasteiger partial charge < -0.3 is 5.11 Å². The lowest BCUT2D eigenvalue weighted by atomic mass is 9.93. The van der Waals surface area contributed by atoms with E-state index in [-0.39, 0.29) is 23.3 Å². The summed E-state index contributed by atoms with van der Waals surface area (Å²) in [7, 11) is 0. The highest BCUT2D eigenvalue weighted by molar-refractivity contribution is 7.15. The number of aliphatic hydroxyl groups excluding tert-OH is 1. The molecule has 0 bridgehead atoms. The lowest BCUT2D eigenvalue weighted by Crippen LogP contribution is -2.43. The second-order valence-corrected chi connectivity index (χ2v) is 8.07. The van der Waals surface area contributed by atoms with Gasteiger partial charge in [-0.15, -0.1) is 10.2 Å². The maximum absolute atomic E-state index is 12.1. The smallest absolute Gasteiger partial charge is 0.240 e. The van der Waals surface area contributed by atoms with E-state index in [2.05, 4.69) is 41.2 Å². The van der Waals surface area contributed by atoms with Gasteiger partial charge in [0, 0.05) is 12.0 Å². The van der Waals surface area contributed by atoms with Crippen molar-refractivity contribution in [2.24, 2.45) is 5.92 Å². The van der Waals surface area contributed by atoms with E-state index in [0.717, 1.165) is 30.9 Å². The van der Waals surface area contributed by atoms with E-state index in [9.17, 15) is 9.90 Å². The fourth-order valence-corrected chi connectivity index (χ4v) is 3.38. The van der Waals surface area contributed by atoms with E-state index < -0.39 is 0 Å². The van der Waals surface area contributed by atoms with Crippen molar-refractivity contribution in [1.29, 1.82) is 0 Å². The van der Waals surface area contributed by atoms with Crippen molar-refractivity contribution in [1.82, 2.24) is 15.1 Å². The Kier molecular flexibility index (Phi) is 5.52. The Morgan fingerprint density at radius 2 is 2.23 bits per heavy atom. The molecule has 0 saturated carbocycles. The molecule has 0 spiro atoms. The summed E-state index contributed by atoms with van der Waals surface area (Å²) in [6.45, 7) is 10.1. The summed E-state index contributed by atoms with van der Waals surface area (Å²) in [6, 6.07) is 0. The number of piperidine rings is 1. The van der Waals surface area contributed by atoms with Gasteiger partial charge in [0.15, 0.2) is 0 Å². The van der Waals surface area contributed by atoms with Gasteiger partial charge in [0.2, 0.25) is 11.0 Å². The number of nitrogens with one attached hydrogen (secondary N) is 1. The molecular formula is C15H26N4O2S. The summed E-state index contributed by atoms with van der Waals surface area (Å²) >= 11 is 1.42. The quantitative estimate of drug-likeness (QED) is 0.883. The van der Waals surface area contributed by atoms with Gasteiger partial charge in [-0.3, -0.25) is 15.0 Å². The number of carbonyl (C=O) groups is 1. The standard InChI is InChI=1S/C15H26N4O2S/c1-10(20)11-6-5-7-19(8-11)9-12(21)16-14-18-17-13(22-14)15(2,3)4/h10-11,20H,5-9H2,1-4H3,(H,16,18,21). The lowest BCUT2D eigenvalue weighted by Gasteiger charge is -2.33. The normalized spacial score (nSPS) is 21.6. The molecule has 0 radical (unpaired) electrons. The minimum atomic E-state index is -0.316. The van der Waals surface area contributed by atoms with Crippen LogP contribution in [0.4, 0.5) is 5.13 Å². The van der Waals surface area contributed by atoms with Crippen LogP contribution >= 0.6 is 11.3 Å². The molecule has 1 aliphatic rings. The summed E-state index contributed by atoms with van der Waals surface area (Å²) in [4.78, 5) is 14.2. The van der Waals surface area contributed by atoms with Crippen molar-refractivity contribution < 1.29 is 9.90 Å². The topological polar surface area (TPSA) is 78.4 Å². The van der Waals surface area contributed by atoms with Gasteiger partial charge in [-0.2, -0.15) is 0 Å². The van der Waals surface area contributed by atoms with Gasteiger partial charge >= 0.3 is 0 Å². The lowest BCUT2D eigenvalue weighted by molar-refractivity contribution is -0.118. The molecule has 2 unspecified atom stereocenters. The van der Waals surface area contributed by atoms with Crippen molar-refractivity contribution in [2.45, 2.75) is 52.1 Å². The minimum absolute atomic E-state index is 0.0575. The molecule has 6 nitrogen and oxygen atoms in total. The number of rotatable bonds is 4. The van der Waals surface area contributed by atoms with E-state index in [1.165, 1.54) is 11.3 Å². The molecule has 7 heteroatoms. The van der Waals surface area contributed by atoms with Crippen molar-refractivity contribution in [3.63, 3.8) is 0 Å². The predicted octanol–water partition coefficient (Wildman–Crippen LogP) is 1.87. The van der Waals surface area contributed by atoms with E-state index in [1.807, 2.05) is 6.92 Å². The maximum atomic E-state index is 12.1. The van der Waals surface area contributed by atoms with Gasteiger partial charge in [-0.25, -0.2) is 0 Å². The van der Waals surface area contributed by atoms with Gasteiger partial charge in [-0.1, -0.05) is 32.1 Å². The number of aromatic nitrogens is 2. The number of anilines is 1. The first kappa shape index (κ1) is 17.3. The number of likely N-dealkylation sites (tertiary alicyclic amines) is 1. The Balaban J connectivity index is 1.86. The zero-order valence-corrected chi connectivity index (χ0v) is 14.6. The summed E-state index contributed by atoms with van der Waals surface area (Å²) in [5.41, 5.74) is -0.0575. The van der Waals surface area contributed by atoms with Gasteiger partial charge in [0.05, 0.1) is 12.6 Å². The molecular weight excluding hydrogens is 300 g/mol. The van der Waals surface area contributed by atoms with Crippen LogP contribution in [0.3, 0.4) is 0 Å². The second-order valence-electron chi connectivity index (χ2n) is 7.09. The Morgan fingerprint density at radius 1 is 1.50 bits per heavy atom. The first-order valence-electron chi connectivity index (χ1n) is 7.80. The molecule has 0 aromatic carbocycles. The van der Waals surface area contributed by atoms with Crippen LogP contribution in [0, 0.1) is 5.92 Å². The second kappa shape index (κ2) is 7.02. The molecule has 2 heterocycles. The van der Waals surface area contributed by atoms with Crippen LogP contribution < -0.4 is 5.32 Å². The van der Waals surface area contributed by atoms with Crippen molar-refractivity contribution in [2.75, 3.05) is 25.0 Å². The highest BCUT2D eigenvalue weighted by Gasteiger charge is 2.25. The van der Waals surface area contributed by atoms with Crippen LogP contribution in [0.25, 0.3) is 0 Å². The summed E-state index contributed by atoms with van der Waals surface area (Å²) in [5.74, 6) is 0.193. The van der Waals surface area contributed by atoms with E-state index in [0.29, 0.717) is 11.7 Å². The largest absolute Gasteiger partial charge is 0.393 e. The van der Waals surface area contributed by atoms with Crippen molar-refractivity contribution in [3.05, 3.63) is 5.01 Å². The van der Waals surface area contributed by atoms with Crippen molar-refractivity contribution in [3.8, 4) is 0 Å². The highest BCUT2D eigenvalue weighted by atomic mass is 32.1. The summed E-state index contributed by atoms with van der Waals surface area (Å²) < 4.78 is 0. The van der Waals surface area contributed by atoms with Crippen LogP contribution in [0.2, 0.25) is 0 Å². The third-order valence-corrected chi connectivity index (χ3v) is 5.17. The molecule has 1 saturated heterocycles. The molecule has 2 rings (SSSR count). The summed E-state index contributed by atoms with van der Waals surface area (Å²) in [6.07, 6.45) is 1.74. The number of carbonyl (C=O) groups excluding carboxylic acids is 1. The molecule has 2 atom stereocenters. The highest BCUT2D eigenvalue weighted by Crippen LogP contribution is 2.27.